The maximum absolute atomic E-state index is 10.5. The number of hydrogen-bond acceptors (Lipinski definition) is 6. The minimum Gasteiger partial charge on any atom is -0.504 e. The summed E-state index contributed by atoms with van der Waals surface area (Å²) in [5.41, 5.74) is 1.78. The van der Waals surface area contributed by atoms with Crippen LogP contribution in [0.4, 0.5) is 0 Å². The molecule has 1 aliphatic heterocycles. The van der Waals surface area contributed by atoms with Crippen LogP contribution in [0.2, 0.25) is 0 Å². The summed E-state index contributed by atoms with van der Waals surface area (Å²) in [7, 11) is 0. The Morgan fingerprint density at radius 1 is 1.04 bits per heavy atom. The molecule has 6 nitrogen and oxygen atoms in total. The highest BCUT2D eigenvalue weighted by atomic mass is 16.5. The summed E-state index contributed by atoms with van der Waals surface area (Å²) in [6, 6.07) is 7.47. The molecule has 0 saturated carbocycles. The van der Waals surface area contributed by atoms with Gasteiger partial charge in [-0.25, -0.2) is 0 Å². The van der Waals surface area contributed by atoms with Gasteiger partial charge < -0.3 is 25.2 Å². The molecule has 6 heteroatoms. The van der Waals surface area contributed by atoms with Gasteiger partial charge in [-0.05, 0) is 41.5 Å². The molecule has 2 unspecified atom stereocenters. The molecule has 3 rings (SSSR count). The van der Waals surface area contributed by atoms with Gasteiger partial charge >= 0.3 is 0 Å². The average molecular weight is 328 g/mol. The molecule has 0 amide bonds. The first-order valence-electron chi connectivity index (χ1n) is 7.33. The fourth-order valence-electron chi connectivity index (χ4n) is 2.89. The van der Waals surface area contributed by atoms with E-state index >= 15 is 0 Å². The summed E-state index contributed by atoms with van der Waals surface area (Å²) >= 11 is 0. The minimum atomic E-state index is -0.618. The number of rotatable bonds is 4. The van der Waals surface area contributed by atoms with Gasteiger partial charge in [0.2, 0.25) is 0 Å². The lowest BCUT2D eigenvalue weighted by Gasteiger charge is -2.18. The van der Waals surface area contributed by atoms with E-state index in [2.05, 4.69) is 0 Å². The summed E-state index contributed by atoms with van der Waals surface area (Å²) < 4.78 is 5.79. The SMILES string of the molecule is O=CC=Cc1cc(O)c2c(c1)C(CO)C(c1ccc(O)c(O)c1)O2. The smallest absolute Gasteiger partial charge is 0.165 e. The van der Waals surface area contributed by atoms with Gasteiger partial charge in [0.05, 0.1) is 12.5 Å². The summed E-state index contributed by atoms with van der Waals surface area (Å²) in [6.45, 7) is -0.237. The summed E-state index contributed by atoms with van der Waals surface area (Å²) in [6.07, 6.45) is 2.86. The van der Waals surface area contributed by atoms with Gasteiger partial charge in [-0.15, -0.1) is 0 Å². The second-order valence-corrected chi connectivity index (χ2v) is 5.53. The molecule has 0 aromatic heterocycles. The Balaban J connectivity index is 2.03. The van der Waals surface area contributed by atoms with E-state index in [1.807, 2.05) is 0 Å². The number of hydrogen-bond donors (Lipinski definition) is 4. The van der Waals surface area contributed by atoms with Crippen LogP contribution in [0.3, 0.4) is 0 Å². The number of carbonyl (C=O) groups excluding carboxylic acids is 1. The first kappa shape index (κ1) is 15.9. The molecule has 4 N–H and O–H groups in total. The fourth-order valence-corrected chi connectivity index (χ4v) is 2.89. The van der Waals surface area contributed by atoms with E-state index in [0.29, 0.717) is 23.0 Å². The van der Waals surface area contributed by atoms with Crippen LogP contribution >= 0.6 is 0 Å². The first-order valence-corrected chi connectivity index (χ1v) is 7.33. The molecule has 1 heterocycles. The predicted octanol–water partition coefficient (Wildman–Crippen LogP) is 2.23. The quantitative estimate of drug-likeness (QED) is 0.389. The molecule has 1 aliphatic rings. The lowest BCUT2D eigenvalue weighted by Crippen LogP contribution is -2.13. The zero-order chi connectivity index (χ0) is 17.3. The van der Waals surface area contributed by atoms with Crippen molar-refractivity contribution in [2.24, 2.45) is 0 Å². The van der Waals surface area contributed by atoms with Crippen LogP contribution < -0.4 is 4.74 Å². The number of phenols is 3. The van der Waals surface area contributed by atoms with Gasteiger partial charge in [0, 0.05) is 5.56 Å². The maximum atomic E-state index is 10.5. The molecule has 0 radical (unpaired) electrons. The van der Waals surface area contributed by atoms with Gasteiger partial charge in [-0.1, -0.05) is 12.1 Å². The Hall–Kier alpha value is -2.99. The van der Waals surface area contributed by atoms with E-state index in [0.717, 1.165) is 0 Å². The third-order valence-electron chi connectivity index (χ3n) is 4.02. The van der Waals surface area contributed by atoms with Crippen LogP contribution in [0.15, 0.2) is 36.4 Å². The minimum absolute atomic E-state index is 0.0954. The highest BCUT2D eigenvalue weighted by Gasteiger charge is 2.37. The second kappa shape index (κ2) is 6.25. The van der Waals surface area contributed by atoms with Crippen molar-refractivity contribution in [3.8, 4) is 23.0 Å². The number of ether oxygens (including phenoxy) is 1. The van der Waals surface area contributed by atoms with E-state index in [9.17, 15) is 25.2 Å². The number of aliphatic hydroxyl groups excluding tert-OH is 1. The molecule has 0 saturated heterocycles. The summed E-state index contributed by atoms with van der Waals surface area (Å²) in [5.74, 6) is -0.835. The molecule has 24 heavy (non-hydrogen) atoms. The highest BCUT2D eigenvalue weighted by Crippen LogP contribution is 2.51. The molecule has 2 aromatic carbocycles. The van der Waals surface area contributed by atoms with Crippen LogP contribution in [0.1, 0.15) is 28.7 Å². The van der Waals surface area contributed by atoms with Crippen molar-refractivity contribution in [1.82, 2.24) is 0 Å². The van der Waals surface area contributed by atoms with Crippen molar-refractivity contribution < 1.29 is 30.0 Å². The molecule has 0 aliphatic carbocycles. The van der Waals surface area contributed by atoms with Crippen LogP contribution in [-0.2, 0) is 4.79 Å². The van der Waals surface area contributed by atoms with E-state index in [4.69, 9.17) is 4.74 Å². The lowest BCUT2D eigenvalue weighted by atomic mass is 9.90. The molecule has 2 aromatic rings. The number of benzene rings is 2. The Morgan fingerprint density at radius 3 is 2.50 bits per heavy atom. The van der Waals surface area contributed by atoms with E-state index in [1.165, 1.54) is 24.3 Å². The number of aromatic hydroxyl groups is 3. The van der Waals surface area contributed by atoms with Gasteiger partial charge in [-0.2, -0.15) is 0 Å². The summed E-state index contributed by atoms with van der Waals surface area (Å²) in [4.78, 5) is 10.5. The van der Waals surface area contributed by atoms with Crippen molar-refractivity contribution in [2.75, 3.05) is 6.61 Å². The molecule has 0 bridgehead atoms. The standard InChI is InChI=1S/C18H16O6/c19-5-1-2-10-6-12-13(9-20)17(24-18(12)16(23)7-10)11-3-4-14(21)15(22)8-11/h1-8,13,17,20-23H,9H2. The molecule has 0 fully saturated rings. The Bertz CT molecular complexity index is 811. The average Bonchev–Trinajstić information content (AvgIpc) is 2.94. The van der Waals surface area contributed by atoms with Crippen molar-refractivity contribution >= 4 is 12.4 Å². The van der Waals surface area contributed by atoms with Gasteiger partial charge in [0.25, 0.3) is 0 Å². The molecule has 124 valence electrons. The number of aldehydes is 1. The number of carbonyl (C=O) groups is 1. The Morgan fingerprint density at radius 2 is 1.83 bits per heavy atom. The van der Waals surface area contributed by atoms with Crippen molar-refractivity contribution in [3.63, 3.8) is 0 Å². The summed E-state index contributed by atoms with van der Waals surface area (Å²) in [5, 5.41) is 39.1. The third-order valence-corrected chi connectivity index (χ3v) is 4.02. The van der Waals surface area contributed by atoms with Crippen LogP contribution in [0, 0.1) is 0 Å². The van der Waals surface area contributed by atoms with Gasteiger partial charge in [0.15, 0.2) is 23.0 Å². The van der Waals surface area contributed by atoms with E-state index < -0.39 is 12.0 Å². The topological polar surface area (TPSA) is 107 Å². The van der Waals surface area contributed by atoms with Gasteiger partial charge in [0.1, 0.15) is 12.4 Å². The van der Waals surface area contributed by atoms with Crippen molar-refractivity contribution in [2.45, 2.75) is 12.0 Å². The van der Waals surface area contributed by atoms with E-state index in [-0.39, 0.29) is 29.6 Å². The van der Waals surface area contributed by atoms with Crippen molar-refractivity contribution in [1.29, 1.82) is 0 Å². The normalized spacial score (nSPS) is 19.2. The molecular weight excluding hydrogens is 312 g/mol. The Kier molecular flexibility index (Phi) is 4.14. The molecule has 2 atom stereocenters. The largest absolute Gasteiger partial charge is 0.504 e. The fraction of sp³-hybridized carbons (Fsp3) is 0.167. The number of phenolic OH excluding ortho intramolecular Hbond substituents is 3. The second-order valence-electron chi connectivity index (χ2n) is 5.53. The molecule has 0 spiro atoms. The lowest BCUT2D eigenvalue weighted by molar-refractivity contribution is -0.104. The number of fused-ring (bicyclic) bond motifs is 1. The Labute approximate surface area is 137 Å². The number of allylic oxidation sites excluding steroid dienone is 1. The predicted molar refractivity (Wildman–Crippen MR) is 86.2 cm³/mol. The maximum Gasteiger partial charge on any atom is 0.165 e. The third kappa shape index (κ3) is 2.68. The zero-order valence-corrected chi connectivity index (χ0v) is 12.6. The van der Waals surface area contributed by atoms with E-state index in [1.54, 1.807) is 18.2 Å². The monoisotopic (exact) mass is 328 g/mol. The van der Waals surface area contributed by atoms with Crippen LogP contribution in [0.25, 0.3) is 6.08 Å². The van der Waals surface area contributed by atoms with Crippen molar-refractivity contribution in [3.05, 3.63) is 53.1 Å². The highest BCUT2D eigenvalue weighted by molar-refractivity contribution is 5.75. The van der Waals surface area contributed by atoms with Crippen LogP contribution in [0.5, 0.6) is 23.0 Å². The first-order chi connectivity index (χ1) is 11.5. The number of aliphatic hydroxyl groups is 1. The zero-order valence-electron chi connectivity index (χ0n) is 12.6. The molecular formula is C18H16O6. The van der Waals surface area contributed by atoms with Crippen LogP contribution in [-0.4, -0.2) is 33.3 Å². The van der Waals surface area contributed by atoms with Gasteiger partial charge in [-0.3, -0.25) is 4.79 Å².